The molecular weight excluding hydrogens is 254 g/mol. The number of rotatable bonds is 3. The van der Waals surface area contributed by atoms with Crippen LogP contribution in [0.2, 0.25) is 0 Å². The second-order valence-corrected chi connectivity index (χ2v) is 5.37. The molecule has 0 radical (unpaired) electrons. The van der Waals surface area contributed by atoms with E-state index in [0.717, 1.165) is 43.6 Å². The number of hydrogen-bond donors (Lipinski definition) is 1. The molecule has 1 aliphatic rings. The maximum Gasteiger partial charge on any atom is 0.320 e. The molecule has 1 saturated heterocycles. The van der Waals surface area contributed by atoms with Gasteiger partial charge in [0.2, 0.25) is 0 Å². The van der Waals surface area contributed by atoms with Crippen molar-refractivity contribution in [3.63, 3.8) is 0 Å². The number of fused-ring (bicyclic) bond motifs is 1. The first-order valence-electron chi connectivity index (χ1n) is 7.13. The Hall–Kier alpha value is -1.88. The van der Waals surface area contributed by atoms with Crippen molar-refractivity contribution in [3.05, 3.63) is 36.3 Å². The third kappa shape index (κ3) is 2.67. The summed E-state index contributed by atoms with van der Waals surface area (Å²) < 4.78 is 1.98. The lowest BCUT2D eigenvalue weighted by Gasteiger charge is -2.25. The average molecular weight is 273 g/mol. The van der Waals surface area contributed by atoms with Crippen LogP contribution >= 0.6 is 0 Å². The largest absolute Gasteiger partial charge is 0.480 e. The van der Waals surface area contributed by atoms with Gasteiger partial charge in [0.1, 0.15) is 11.7 Å². The van der Waals surface area contributed by atoms with Crippen molar-refractivity contribution in [1.82, 2.24) is 14.3 Å². The maximum absolute atomic E-state index is 11.4. The molecule has 2 aromatic rings. The van der Waals surface area contributed by atoms with E-state index in [1.165, 1.54) is 0 Å². The minimum absolute atomic E-state index is 0.373. The van der Waals surface area contributed by atoms with Gasteiger partial charge in [-0.1, -0.05) is 18.9 Å². The van der Waals surface area contributed by atoms with E-state index in [9.17, 15) is 9.90 Å². The number of carbonyl (C=O) groups is 1. The van der Waals surface area contributed by atoms with Gasteiger partial charge in [0.15, 0.2) is 0 Å². The van der Waals surface area contributed by atoms with Gasteiger partial charge in [0.25, 0.3) is 0 Å². The van der Waals surface area contributed by atoms with E-state index in [1.54, 1.807) is 0 Å². The van der Waals surface area contributed by atoms with Crippen molar-refractivity contribution in [2.75, 3.05) is 6.54 Å². The topological polar surface area (TPSA) is 57.8 Å². The first-order valence-corrected chi connectivity index (χ1v) is 7.13. The summed E-state index contributed by atoms with van der Waals surface area (Å²) in [6, 6.07) is 5.51. The molecular formula is C15H19N3O2. The maximum atomic E-state index is 11.4. The fourth-order valence-corrected chi connectivity index (χ4v) is 2.91. The molecule has 2 aromatic heterocycles. The van der Waals surface area contributed by atoms with Gasteiger partial charge < -0.3 is 9.51 Å². The van der Waals surface area contributed by atoms with Crippen molar-refractivity contribution in [3.8, 4) is 0 Å². The highest BCUT2D eigenvalue weighted by Gasteiger charge is 2.27. The summed E-state index contributed by atoms with van der Waals surface area (Å²) in [7, 11) is 0. The number of carboxylic acid groups (broad SMARTS) is 1. The van der Waals surface area contributed by atoms with Gasteiger partial charge in [0, 0.05) is 18.9 Å². The number of carboxylic acids is 1. The fraction of sp³-hybridized carbons (Fsp3) is 0.467. The lowest BCUT2D eigenvalue weighted by Crippen LogP contribution is -2.40. The molecule has 106 valence electrons. The van der Waals surface area contributed by atoms with Gasteiger partial charge >= 0.3 is 5.97 Å². The van der Waals surface area contributed by atoms with E-state index in [-0.39, 0.29) is 6.04 Å². The van der Waals surface area contributed by atoms with E-state index < -0.39 is 5.97 Å². The van der Waals surface area contributed by atoms with Crippen LogP contribution in [0.4, 0.5) is 0 Å². The van der Waals surface area contributed by atoms with Crippen LogP contribution < -0.4 is 0 Å². The monoisotopic (exact) mass is 273 g/mol. The third-order valence-corrected chi connectivity index (χ3v) is 3.93. The molecule has 5 nitrogen and oxygen atoms in total. The van der Waals surface area contributed by atoms with Crippen LogP contribution in [0, 0.1) is 0 Å². The Labute approximate surface area is 117 Å². The van der Waals surface area contributed by atoms with Crippen LogP contribution in [0.1, 0.15) is 31.4 Å². The number of aromatic nitrogens is 2. The van der Waals surface area contributed by atoms with Gasteiger partial charge in [-0.25, -0.2) is 4.98 Å². The molecule has 0 saturated carbocycles. The molecule has 0 aromatic carbocycles. The Morgan fingerprint density at radius 1 is 1.35 bits per heavy atom. The molecule has 1 unspecified atom stereocenters. The molecule has 1 atom stereocenters. The predicted octanol–water partition coefficient (Wildman–Crippen LogP) is 2.16. The van der Waals surface area contributed by atoms with E-state index >= 15 is 0 Å². The smallest absolute Gasteiger partial charge is 0.320 e. The summed E-state index contributed by atoms with van der Waals surface area (Å²) >= 11 is 0. The average Bonchev–Trinajstić information content (AvgIpc) is 2.68. The van der Waals surface area contributed by atoms with Crippen LogP contribution in [0.25, 0.3) is 5.65 Å². The quantitative estimate of drug-likeness (QED) is 0.931. The number of likely N-dealkylation sites (tertiary alicyclic amines) is 1. The van der Waals surface area contributed by atoms with Crippen LogP contribution in [0.15, 0.2) is 30.6 Å². The zero-order valence-electron chi connectivity index (χ0n) is 11.4. The molecule has 1 aliphatic heterocycles. The van der Waals surface area contributed by atoms with Crippen LogP contribution in [0.5, 0.6) is 0 Å². The number of imidazole rings is 1. The molecule has 0 bridgehead atoms. The van der Waals surface area contributed by atoms with Gasteiger partial charge in [-0.15, -0.1) is 0 Å². The molecule has 3 heterocycles. The standard InChI is InChI=1S/C15H19N3O2/c19-15(20)13-6-2-1-4-8-17(13)10-12-11-18-9-5-3-7-14(18)16-12/h3,5,7,9,11,13H,1-2,4,6,8,10H2,(H,19,20). The SMILES string of the molecule is O=C(O)C1CCCCCN1Cc1cn2ccccc2n1. The normalized spacial score (nSPS) is 20.9. The van der Waals surface area contributed by atoms with Crippen molar-refractivity contribution >= 4 is 11.6 Å². The molecule has 5 heteroatoms. The van der Waals surface area contributed by atoms with E-state index in [4.69, 9.17) is 0 Å². The Morgan fingerprint density at radius 2 is 2.25 bits per heavy atom. The number of nitrogens with zero attached hydrogens (tertiary/aromatic N) is 3. The summed E-state index contributed by atoms with van der Waals surface area (Å²) in [6.45, 7) is 1.45. The molecule has 3 rings (SSSR count). The Balaban J connectivity index is 1.81. The Kier molecular flexibility index (Phi) is 3.69. The summed E-state index contributed by atoms with van der Waals surface area (Å²) in [5.74, 6) is -0.712. The van der Waals surface area contributed by atoms with Crippen molar-refractivity contribution < 1.29 is 9.90 Å². The predicted molar refractivity (Wildman–Crippen MR) is 75.5 cm³/mol. The van der Waals surface area contributed by atoms with Crippen LogP contribution in [0.3, 0.4) is 0 Å². The summed E-state index contributed by atoms with van der Waals surface area (Å²) in [5, 5.41) is 9.38. The van der Waals surface area contributed by atoms with Crippen molar-refractivity contribution in [2.45, 2.75) is 38.3 Å². The Bertz CT molecular complexity index is 575. The molecule has 1 N–H and O–H groups in total. The summed E-state index contributed by atoms with van der Waals surface area (Å²) in [6.07, 6.45) is 7.87. The number of hydrogen-bond acceptors (Lipinski definition) is 3. The highest BCUT2D eigenvalue weighted by Crippen LogP contribution is 2.19. The van der Waals surface area contributed by atoms with E-state index in [2.05, 4.69) is 9.88 Å². The molecule has 0 amide bonds. The minimum Gasteiger partial charge on any atom is -0.480 e. The first kappa shape index (κ1) is 13.1. The molecule has 20 heavy (non-hydrogen) atoms. The number of aliphatic carboxylic acids is 1. The minimum atomic E-state index is -0.712. The molecule has 1 fully saturated rings. The number of pyridine rings is 1. The second kappa shape index (κ2) is 5.63. The fourth-order valence-electron chi connectivity index (χ4n) is 2.91. The zero-order valence-corrected chi connectivity index (χ0v) is 11.4. The van der Waals surface area contributed by atoms with E-state index in [1.807, 2.05) is 35.0 Å². The van der Waals surface area contributed by atoms with Crippen molar-refractivity contribution in [2.24, 2.45) is 0 Å². The van der Waals surface area contributed by atoms with Gasteiger partial charge in [-0.3, -0.25) is 9.69 Å². The molecule has 0 aliphatic carbocycles. The Morgan fingerprint density at radius 3 is 3.05 bits per heavy atom. The van der Waals surface area contributed by atoms with E-state index in [0.29, 0.717) is 6.54 Å². The van der Waals surface area contributed by atoms with Crippen molar-refractivity contribution in [1.29, 1.82) is 0 Å². The zero-order chi connectivity index (χ0) is 13.9. The van der Waals surface area contributed by atoms with Gasteiger partial charge in [-0.2, -0.15) is 0 Å². The lowest BCUT2D eigenvalue weighted by molar-refractivity contribution is -0.143. The summed E-state index contributed by atoms with van der Waals surface area (Å²) in [5.41, 5.74) is 1.84. The highest BCUT2D eigenvalue weighted by atomic mass is 16.4. The summed E-state index contributed by atoms with van der Waals surface area (Å²) in [4.78, 5) is 18.0. The lowest BCUT2D eigenvalue weighted by atomic mass is 10.1. The van der Waals surface area contributed by atoms with Gasteiger partial charge in [0.05, 0.1) is 5.69 Å². The van der Waals surface area contributed by atoms with Crippen LogP contribution in [-0.2, 0) is 11.3 Å². The van der Waals surface area contributed by atoms with Crippen LogP contribution in [-0.4, -0.2) is 37.9 Å². The molecule has 0 spiro atoms. The highest BCUT2D eigenvalue weighted by molar-refractivity contribution is 5.73. The third-order valence-electron chi connectivity index (χ3n) is 3.93. The second-order valence-electron chi connectivity index (χ2n) is 5.37. The van der Waals surface area contributed by atoms with Gasteiger partial charge in [-0.05, 0) is 31.5 Å². The first-order chi connectivity index (χ1) is 9.74.